The molecule has 2 aliphatic heterocycles. The van der Waals surface area contributed by atoms with Crippen LogP contribution in [0.4, 0.5) is 5.69 Å². The first-order chi connectivity index (χ1) is 19.7. The first-order valence-electron chi connectivity index (χ1n) is 13.3. The number of primary amides is 1. The van der Waals surface area contributed by atoms with Gasteiger partial charge in [-0.25, -0.2) is 0 Å². The lowest BCUT2D eigenvalue weighted by Gasteiger charge is -2.24. The molecule has 1 saturated heterocycles. The van der Waals surface area contributed by atoms with Crippen molar-refractivity contribution in [3.63, 3.8) is 0 Å². The van der Waals surface area contributed by atoms with Gasteiger partial charge < -0.3 is 20.8 Å². The van der Waals surface area contributed by atoms with Crippen molar-refractivity contribution in [1.29, 1.82) is 0 Å². The van der Waals surface area contributed by atoms with Gasteiger partial charge in [-0.2, -0.15) is 0 Å². The van der Waals surface area contributed by atoms with E-state index in [1.54, 1.807) is 86.7 Å². The normalized spacial score (nSPS) is 20.0. The Bertz CT molecular complexity index is 1600. The maximum atomic E-state index is 13.9. The molecule has 3 aromatic carbocycles. The van der Waals surface area contributed by atoms with Gasteiger partial charge >= 0.3 is 0 Å². The third-order valence-electron chi connectivity index (χ3n) is 7.51. The molecule has 0 aromatic heterocycles. The lowest BCUT2D eigenvalue weighted by atomic mass is 9.91. The quantitative estimate of drug-likeness (QED) is 0.338. The summed E-state index contributed by atoms with van der Waals surface area (Å²) in [6.45, 7) is 3.59. The molecule has 1 fully saturated rings. The van der Waals surface area contributed by atoms with Crippen molar-refractivity contribution in [2.45, 2.75) is 38.3 Å². The molecule has 0 bridgehead atoms. The number of nitrogens with one attached hydrogen (secondary N) is 1. The van der Waals surface area contributed by atoms with Crippen molar-refractivity contribution in [2.24, 2.45) is 10.9 Å². The van der Waals surface area contributed by atoms with Crippen LogP contribution in [0, 0.1) is 0 Å². The Morgan fingerprint density at radius 1 is 1.00 bits per heavy atom. The molecule has 3 amide bonds. The van der Waals surface area contributed by atoms with Gasteiger partial charge in [-0.1, -0.05) is 71.9 Å². The minimum atomic E-state index is -0.955. The van der Waals surface area contributed by atoms with E-state index in [1.165, 1.54) is 4.90 Å². The highest BCUT2D eigenvalue weighted by Gasteiger charge is 2.53. The second kappa shape index (κ2) is 11.2. The van der Waals surface area contributed by atoms with Crippen LogP contribution >= 0.6 is 0 Å². The van der Waals surface area contributed by atoms with E-state index in [0.717, 1.165) is 5.56 Å². The topological polar surface area (TPSA) is 131 Å². The predicted molar refractivity (Wildman–Crippen MR) is 154 cm³/mol. The molecule has 1 spiro atoms. The van der Waals surface area contributed by atoms with E-state index in [0.29, 0.717) is 29.0 Å². The van der Waals surface area contributed by atoms with Crippen LogP contribution in [0.3, 0.4) is 0 Å². The van der Waals surface area contributed by atoms with Crippen LogP contribution in [0.5, 0.6) is 0 Å². The molecule has 5 rings (SSSR count). The van der Waals surface area contributed by atoms with Crippen LogP contribution in [-0.4, -0.2) is 52.3 Å². The fourth-order valence-electron chi connectivity index (χ4n) is 5.19. The van der Waals surface area contributed by atoms with Crippen molar-refractivity contribution in [2.75, 3.05) is 11.9 Å². The summed E-state index contributed by atoms with van der Waals surface area (Å²) in [5.41, 5.74) is 8.25. The number of oxime groups is 1. The van der Waals surface area contributed by atoms with Crippen LogP contribution in [0.1, 0.15) is 58.5 Å². The first kappa shape index (κ1) is 27.5. The highest BCUT2D eigenvalue weighted by molar-refractivity contribution is 6.15. The summed E-state index contributed by atoms with van der Waals surface area (Å²) in [4.78, 5) is 59.3. The van der Waals surface area contributed by atoms with Gasteiger partial charge in [0.25, 0.3) is 11.8 Å². The lowest BCUT2D eigenvalue weighted by molar-refractivity contribution is -0.121. The Morgan fingerprint density at radius 3 is 2.41 bits per heavy atom. The number of carbonyl (C=O) groups is 4. The van der Waals surface area contributed by atoms with E-state index in [-0.39, 0.29) is 35.8 Å². The van der Waals surface area contributed by atoms with Crippen molar-refractivity contribution in [1.82, 2.24) is 4.90 Å². The third kappa shape index (κ3) is 5.51. The monoisotopic (exact) mass is 550 g/mol. The smallest absolute Gasteiger partial charge is 0.255 e. The van der Waals surface area contributed by atoms with Gasteiger partial charge in [0, 0.05) is 40.8 Å². The van der Waals surface area contributed by atoms with Gasteiger partial charge in [0.15, 0.2) is 11.4 Å². The van der Waals surface area contributed by atoms with Crippen LogP contribution in [0.25, 0.3) is 0 Å². The van der Waals surface area contributed by atoms with Crippen molar-refractivity contribution < 1.29 is 24.0 Å². The zero-order valence-corrected chi connectivity index (χ0v) is 22.8. The summed E-state index contributed by atoms with van der Waals surface area (Å²) >= 11 is 0. The summed E-state index contributed by atoms with van der Waals surface area (Å²) in [5.74, 6) is -1.64. The summed E-state index contributed by atoms with van der Waals surface area (Å²) in [6.07, 6.45) is 2.22. The van der Waals surface area contributed by atoms with Crippen molar-refractivity contribution in [3.8, 4) is 0 Å². The molecule has 41 heavy (non-hydrogen) atoms. The third-order valence-corrected chi connectivity index (χ3v) is 7.51. The first-order valence-corrected chi connectivity index (χ1v) is 13.3. The van der Waals surface area contributed by atoms with E-state index in [2.05, 4.69) is 10.5 Å². The van der Waals surface area contributed by atoms with Crippen LogP contribution in [0.15, 0.2) is 95.7 Å². The van der Waals surface area contributed by atoms with Gasteiger partial charge in [-0.15, -0.1) is 0 Å². The summed E-state index contributed by atoms with van der Waals surface area (Å²) in [5, 5.41) is 7.17. The standard InChI is InChI=1S/C32H30N4O5/c1-3-20(2)30(39)34-23-13-9-12-22(16-23)26-17-32(41-35-26)18-27(29(33)38)36(19-32)31(40)25-15-8-7-14-24(25)28(37)21-10-5-4-6-11-21/h3-16,27H,17-19H2,1-2H3,(H2,33,38)(H,34,39). The number of nitrogens with two attached hydrogens (primary N) is 1. The van der Waals surface area contributed by atoms with E-state index >= 15 is 0 Å². The molecule has 0 aliphatic carbocycles. The Kier molecular flexibility index (Phi) is 7.52. The zero-order chi connectivity index (χ0) is 29.1. The number of amides is 3. The van der Waals surface area contributed by atoms with Crippen LogP contribution in [0.2, 0.25) is 0 Å². The van der Waals surface area contributed by atoms with Crippen LogP contribution in [-0.2, 0) is 14.4 Å². The summed E-state index contributed by atoms with van der Waals surface area (Å²) in [7, 11) is 0. The summed E-state index contributed by atoms with van der Waals surface area (Å²) < 4.78 is 0. The number of rotatable bonds is 7. The lowest BCUT2D eigenvalue weighted by Crippen LogP contribution is -2.44. The molecule has 3 N–H and O–H groups in total. The number of ketones is 1. The van der Waals surface area contributed by atoms with Gasteiger partial charge in [-0.3, -0.25) is 19.2 Å². The van der Waals surface area contributed by atoms with E-state index in [4.69, 9.17) is 10.6 Å². The second-order valence-corrected chi connectivity index (χ2v) is 10.3. The maximum absolute atomic E-state index is 13.9. The number of anilines is 1. The minimum absolute atomic E-state index is 0.0667. The molecule has 9 nitrogen and oxygen atoms in total. The maximum Gasteiger partial charge on any atom is 0.255 e. The number of likely N-dealkylation sites (tertiary alicyclic amines) is 1. The minimum Gasteiger partial charge on any atom is -0.387 e. The second-order valence-electron chi connectivity index (χ2n) is 10.3. The Hall–Kier alpha value is -5.05. The molecule has 0 radical (unpaired) electrons. The van der Waals surface area contributed by atoms with Crippen molar-refractivity contribution in [3.05, 3.63) is 113 Å². The fraction of sp³-hybridized carbons (Fsp3) is 0.219. The molecule has 208 valence electrons. The van der Waals surface area contributed by atoms with Crippen LogP contribution < -0.4 is 11.1 Å². The van der Waals surface area contributed by atoms with Crippen molar-refractivity contribution >= 4 is 34.9 Å². The fourth-order valence-corrected chi connectivity index (χ4v) is 5.19. The van der Waals surface area contributed by atoms with E-state index in [1.807, 2.05) is 12.1 Å². The molecular formula is C32H30N4O5. The highest BCUT2D eigenvalue weighted by Crippen LogP contribution is 2.39. The van der Waals surface area contributed by atoms with Gasteiger partial charge in [0.1, 0.15) is 6.04 Å². The molecule has 2 atom stereocenters. The number of benzene rings is 3. The number of hydrogen-bond donors (Lipinski definition) is 2. The number of allylic oxidation sites excluding steroid dienone is 1. The molecular weight excluding hydrogens is 520 g/mol. The molecule has 3 aromatic rings. The van der Waals surface area contributed by atoms with E-state index < -0.39 is 23.5 Å². The highest BCUT2D eigenvalue weighted by atomic mass is 16.7. The van der Waals surface area contributed by atoms with Gasteiger partial charge in [0.05, 0.1) is 17.8 Å². The Morgan fingerprint density at radius 2 is 1.71 bits per heavy atom. The van der Waals surface area contributed by atoms with Gasteiger partial charge in [-0.05, 0) is 32.0 Å². The number of carbonyl (C=O) groups excluding carboxylic acids is 4. The van der Waals surface area contributed by atoms with Gasteiger partial charge in [0.2, 0.25) is 5.91 Å². The predicted octanol–water partition coefficient (Wildman–Crippen LogP) is 4.09. The molecule has 9 heteroatoms. The zero-order valence-electron chi connectivity index (χ0n) is 22.8. The molecule has 2 heterocycles. The number of hydrogen-bond acceptors (Lipinski definition) is 6. The summed E-state index contributed by atoms with van der Waals surface area (Å²) in [6, 6.07) is 21.6. The molecule has 2 aliphatic rings. The Balaban J connectivity index is 1.37. The Labute approximate surface area is 237 Å². The molecule has 0 saturated carbocycles. The average Bonchev–Trinajstić information content (AvgIpc) is 3.60. The average molecular weight is 551 g/mol. The number of nitrogens with zero attached hydrogens (tertiary/aromatic N) is 2. The largest absolute Gasteiger partial charge is 0.387 e. The molecule has 2 unspecified atom stereocenters. The van der Waals surface area contributed by atoms with E-state index in [9.17, 15) is 19.2 Å². The SMILES string of the molecule is CC=C(C)C(=O)Nc1cccc(C2=NOC3(C2)CC(C(N)=O)N(C(=O)c2ccccc2C(=O)c2ccccc2)C3)c1.